The second-order valence-electron chi connectivity index (χ2n) is 4.04. The molecule has 0 aliphatic heterocycles. The summed E-state index contributed by atoms with van der Waals surface area (Å²) < 4.78 is 5.93. The van der Waals surface area contributed by atoms with Crippen LogP contribution in [-0.4, -0.2) is 34.1 Å². The molecule has 0 saturated carbocycles. The van der Waals surface area contributed by atoms with Crippen LogP contribution in [0.4, 0.5) is 17.6 Å². The van der Waals surface area contributed by atoms with Gasteiger partial charge < -0.3 is 15.4 Å². The third-order valence-corrected chi connectivity index (χ3v) is 3.29. The van der Waals surface area contributed by atoms with Crippen molar-refractivity contribution in [2.45, 2.75) is 6.92 Å². The molecule has 2 rings (SSSR count). The van der Waals surface area contributed by atoms with Gasteiger partial charge in [0, 0.05) is 9.26 Å². The Morgan fingerprint density at radius 2 is 1.91 bits per heavy atom. The van der Waals surface area contributed by atoms with E-state index in [1.54, 1.807) is 6.92 Å². The maximum Gasteiger partial charge on any atom is 0.325 e. The van der Waals surface area contributed by atoms with Crippen molar-refractivity contribution in [1.82, 2.24) is 15.0 Å². The number of nitrogens with one attached hydrogen (secondary N) is 2. The molecule has 0 spiro atoms. The van der Waals surface area contributed by atoms with Crippen LogP contribution in [0.1, 0.15) is 6.92 Å². The van der Waals surface area contributed by atoms with Crippen LogP contribution < -0.4 is 10.6 Å². The Kier molecular flexibility index (Phi) is 6.13. The third kappa shape index (κ3) is 5.26. The Balaban J connectivity index is 2.06. The van der Waals surface area contributed by atoms with Crippen molar-refractivity contribution >= 4 is 57.7 Å². The predicted molar refractivity (Wildman–Crippen MR) is 92.4 cm³/mol. The van der Waals surface area contributed by atoms with Gasteiger partial charge in [-0.2, -0.15) is 15.0 Å². The molecule has 0 aliphatic carbocycles. The van der Waals surface area contributed by atoms with Gasteiger partial charge in [-0.3, -0.25) is 4.79 Å². The largest absolute Gasteiger partial charge is 0.465 e. The number of ether oxygens (including phenoxy) is 1. The van der Waals surface area contributed by atoms with E-state index in [2.05, 4.69) is 48.2 Å². The van der Waals surface area contributed by atoms with Gasteiger partial charge in [0.25, 0.3) is 0 Å². The zero-order chi connectivity index (χ0) is 15.9. The average Bonchev–Trinajstić information content (AvgIpc) is 2.47. The number of carbonyl (C=O) groups is 1. The summed E-state index contributed by atoms with van der Waals surface area (Å²) >= 11 is 8.08. The molecule has 0 saturated heterocycles. The minimum Gasteiger partial charge on any atom is -0.465 e. The molecule has 1 aromatic carbocycles. The van der Waals surface area contributed by atoms with E-state index in [1.807, 2.05) is 24.3 Å². The summed E-state index contributed by atoms with van der Waals surface area (Å²) in [4.78, 5) is 23.3. The molecule has 0 radical (unpaired) electrons. The molecule has 116 valence electrons. The van der Waals surface area contributed by atoms with Crippen LogP contribution in [0.25, 0.3) is 0 Å². The van der Waals surface area contributed by atoms with Crippen LogP contribution in [0.5, 0.6) is 0 Å². The van der Waals surface area contributed by atoms with Crippen molar-refractivity contribution < 1.29 is 9.53 Å². The van der Waals surface area contributed by atoms with E-state index in [-0.39, 0.29) is 23.7 Å². The van der Waals surface area contributed by atoms with Crippen LogP contribution in [-0.2, 0) is 9.53 Å². The first kappa shape index (κ1) is 16.7. The smallest absolute Gasteiger partial charge is 0.325 e. The second kappa shape index (κ2) is 8.08. The lowest BCUT2D eigenvalue weighted by atomic mass is 10.3. The highest BCUT2D eigenvalue weighted by atomic mass is 127. The van der Waals surface area contributed by atoms with E-state index in [1.165, 1.54) is 0 Å². The first-order valence-electron chi connectivity index (χ1n) is 6.40. The summed E-state index contributed by atoms with van der Waals surface area (Å²) in [6.45, 7) is 2.01. The molecule has 2 N–H and O–H groups in total. The van der Waals surface area contributed by atoms with E-state index in [9.17, 15) is 4.79 Å². The molecule has 0 unspecified atom stereocenters. The minimum atomic E-state index is -0.397. The van der Waals surface area contributed by atoms with Crippen molar-refractivity contribution in [2.75, 3.05) is 23.8 Å². The predicted octanol–water partition coefficient (Wildman–Crippen LogP) is 2.85. The highest BCUT2D eigenvalue weighted by molar-refractivity contribution is 14.1. The Labute approximate surface area is 146 Å². The quantitative estimate of drug-likeness (QED) is 0.535. The van der Waals surface area contributed by atoms with Crippen LogP contribution in [0.2, 0.25) is 5.28 Å². The number of halogens is 2. The lowest BCUT2D eigenvalue weighted by Crippen LogP contribution is -2.18. The van der Waals surface area contributed by atoms with Crippen LogP contribution >= 0.6 is 34.2 Å². The maximum absolute atomic E-state index is 11.3. The summed E-state index contributed by atoms with van der Waals surface area (Å²) in [7, 11) is 0. The summed E-state index contributed by atoms with van der Waals surface area (Å²) in [6.07, 6.45) is 0. The molecule has 1 aromatic heterocycles. The number of benzene rings is 1. The van der Waals surface area contributed by atoms with Crippen LogP contribution in [0, 0.1) is 3.57 Å². The fraction of sp³-hybridized carbons (Fsp3) is 0.231. The van der Waals surface area contributed by atoms with Crippen molar-refractivity contribution in [2.24, 2.45) is 0 Å². The summed E-state index contributed by atoms with van der Waals surface area (Å²) in [5.41, 5.74) is 0.819. The van der Waals surface area contributed by atoms with Crippen molar-refractivity contribution in [3.8, 4) is 0 Å². The van der Waals surface area contributed by atoms with E-state index in [4.69, 9.17) is 16.3 Å². The lowest BCUT2D eigenvalue weighted by Gasteiger charge is -2.08. The van der Waals surface area contributed by atoms with Gasteiger partial charge in [0.1, 0.15) is 6.54 Å². The highest BCUT2D eigenvalue weighted by Gasteiger charge is 2.08. The van der Waals surface area contributed by atoms with Gasteiger partial charge in [-0.25, -0.2) is 0 Å². The number of carbonyl (C=O) groups excluding carboxylic acids is 1. The standard InChI is InChI=1S/C13H13ClIN5O2/c1-2-22-10(21)7-16-12-18-11(14)19-13(20-12)17-9-5-3-8(15)4-6-9/h3-6H,2,7H2,1H3,(H2,16,17,18,19,20). The topological polar surface area (TPSA) is 89.0 Å². The maximum atomic E-state index is 11.3. The zero-order valence-corrected chi connectivity index (χ0v) is 14.6. The van der Waals surface area contributed by atoms with Crippen molar-refractivity contribution in [3.63, 3.8) is 0 Å². The fourth-order valence-electron chi connectivity index (χ4n) is 1.51. The molecule has 0 amide bonds. The number of esters is 1. The normalized spacial score (nSPS) is 10.1. The van der Waals surface area contributed by atoms with E-state index in [0.717, 1.165) is 9.26 Å². The monoisotopic (exact) mass is 433 g/mol. The molecule has 0 bridgehead atoms. The fourth-order valence-corrected chi connectivity index (χ4v) is 2.03. The number of nitrogens with zero attached hydrogens (tertiary/aromatic N) is 3. The summed E-state index contributed by atoms with van der Waals surface area (Å²) in [5.74, 6) is 0.0832. The first-order valence-corrected chi connectivity index (χ1v) is 7.86. The van der Waals surface area contributed by atoms with Gasteiger partial charge in [0.15, 0.2) is 0 Å². The minimum absolute atomic E-state index is 0.0226. The van der Waals surface area contributed by atoms with Crippen LogP contribution in [0.15, 0.2) is 24.3 Å². The lowest BCUT2D eigenvalue weighted by molar-refractivity contribution is -0.140. The van der Waals surface area contributed by atoms with Gasteiger partial charge in [0.05, 0.1) is 6.61 Å². The van der Waals surface area contributed by atoms with E-state index < -0.39 is 5.97 Å². The summed E-state index contributed by atoms with van der Waals surface area (Å²) in [6, 6.07) is 7.69. The van der Waals surface area contributed by atoms with E-state index >= 15 is 0 Å². The Morgan fingerprint density at radius 3 is 2.59 bits per heavy atom. The second-order valence-corrected chi connectivity index (χ2v) is 5.63. The van der Waals surface area contributed by atoms with Gasteiger partial charge in [0.2, 0.25) is 17.2 Å². The van der Waals surface area contributed by atoms with E-state index in [0.29, 0.717) is 6.61 Å². The average molecular weight is 434 g/mol. The molecule has 7 nitrogen and oxygen atoms in total. The number of aromatic nitrogens is 3. The number of hydrogen-bond acceptors (Lipinski definition) is 7. The number of rotatable bonds is 6. The number of anilines is 3. The molecule has 0 aliphatic rings. The SMILES string of the molecule is CCOC(=O)CNc1nc(Cl)nc(Nc2ccc(I)cc2)n1. The molecule has 22 heavy (non-hydrogen) atoms. The molecule has 1 heterocycles. The van der Waals surface area contributed by atoms with Crippen LogP contribution in [0.3, 0.4) is 0 Å². The molecular formula is C13H13ClIN5O2. The summed E-state index contributed by atoms with van der Waals surface area (Å²) in [5, 5.41) is 5.78. The van der Waals surface area contributed by atoms with Gasteiger partial charge in [-0.1, -0.05) is 0 Å². The molecule has 9 heteroatoms. The Morgan fingerprint density at radius 1 is 1.23 bits per heavy atom. The van der Waals surface area contributed by atoms with Gasteiger partial charge in [-0.15, -0.1) is 0 Å². The molecule has 2 aromatic rings. The first-order chi connectivity index (χ1) is 10.6. The highest BCUT2D eigenvalue weighted by Crippen LogP contribution is 2.17. The van der Waals surface area contributed by atoms with Gasteiger partial charge in [-0.05, 0) is 65.4 Å². The Hall–Kier alpha value is -1.68. The Bertz CT molecular complexity index is 653. The number of hydrogen-bond donors (Lipinski definition) is 2. The third-order valence-electron chi connectivity index (χ3n) is 2.40. The van der Waals surface area contributed by atoms with Crippen molar-refractivity contribution in [1.29, 1.82) is 0 Å². The molecule has 0 atom stereocenters. The molecular weight excluding hydrogens is 421 g/mol. The molecule has 0 fully saturated rings. The zero-order valence-electron chi connectivity index (χ0n) is 11.6. The van der Waals surface area contributed by atoms with Gasteiger partial charge >= 0.3 is 5.97 Å². The van der Waals surface area contributed by atoms with Crippen molar-refractivity contribution in [3.05, 3.63) is 33.1 Å².